The first kappa shape index (κ1) is 29.6. The number of nitrogens with one attached hydrogen (secondary N) is 3. The number of pyridine rings is 2. The maximum atomic E-state index is 12.9. The maximum absolute atomic E-state index is 12.9. The van der Waals surface area contributed by atoms with Crippen LogP contribution in [0.15, 0.2) is 97.5 Å². The van der Waals surface area contributed by atoms with Crippen molar-refractivity contribution in [2.45, 2.75) is 0 Å². The molecule has 0 aliphatic carbocycles. The van der Waals surface area contributed by atoms with Gasteiger partial charge in [-0.15, -0.1) is 0 Å². The third kappa shape index (κ3) is 8.33. The van der Waals surface area contributed by atoms with Gasteiger partial charge in [-0.2, -0.15) is 0 Å². The Morgan fingerprint density at radius 2 is 1.50 bits per heavy atom. The molecule has 0 aliphatic rings. The lowest BCUT2D eigenvalue weighted by atomic mass is 10.1. The number of benzene rings is 2. The van der Waals surface area contributed by atoms with Crippen molar-refractivity contribution >= 4 is 40.6 Å². The minimum absolute atomic E-state index is 0.0485. The van der Waals surface area contributed by atoms with Crippen molar-refractivity contribution < 1.29 is 14.4 Å². The normalized spacial score (nSPS) is 10.9. The van der Waals surface area contributed by atoms with Gasteiger partial charge in [0.1, 0.15) is 5.82 Å². The quantitative estimate of drug-likeness (QED) is 0.235. The standard InChI is InChI=1S/C32H33N7O3/c1-38(2)16-6-9-30(40)36-26-8-5-7-24(17-26)31(41)37-28-18-27(20-33-21-28)35-29-15-14-25(19-34-29)22-10-12-23(13-11-22)32(42)39(3)4/h5-15,17-21H,16H2,1-4H3,(H,34,35)(H,36,40)(H,37,41)/b9-6+. The van der Waals surface area contributed by atoms with Gasteiger partial charge in [-0.25, -0.2) is 4.98 Å². The number of rotatable bonds is 10. The molecule has 2 heterocycles. The zero-order valence-corrected chi connectivity index (χ0v) is 24.0. The second-order valence-electron chi connectivity index (χ2n) is 9.99. The summed E-state index contributed by atoms with van der Waals surface area (Å²) in [5.41, 5.74) is 4.52. The summed E-state index contributed by atoms with van der Waals surface area (Å²) in [5, 5.41) is 8.80. The number of carbonyl (C=O) groups excluding carboxylic acids is 3. The smallest absolute Gasteiger partial charge is 0.255 e. The summed E-state index contributed by atoms with van der Waals surface area (Å²) >= 11 is 0. The maximum Gasteiger partial charge on any atom is 0.255 e. The van der Waals surface area contributed by atoms with Gasteiger partial charge >= 0.3 is 0 Å². The van der Waals surface area contributed by atoms with E-state index in [0.717, 1.165) is 11.1 Å². The zero-order chi connectivity index (χ0) is 30.1. The lowest BCUT2D eigenvalue weighted by Gasteiger charge is -2.11. The SMILES string of the molecule is CN(C)C/C=C/C(=O)Nc1cccc(C(=O)Nc2cncc(Nc3ccc(-c4ccc(C(=O)N(C)C)cc4)cn3)c2)c1. The number of hydrogen-bond donors (Lipinski definition) is 3. The average molecular weight is 564 g/mol. The fourth-order valence-electron chi connectivity index (χ4n) is 3.92. The minimum Gasteiger partial charge on any atom is -0.345 e. The van der Waals surface area contributed by atoms with Gasteiger partial charge in [0, 0.05) is 55.3 Å². The highest BCUT2D eigenvalue weighted by Gasteiger charge is 2.10. The van der Waals surface area contributed by atoms with Crippen LogP contribution in [0.3, 0.4) is 0 Å². The fraction of sp³-hybridized carbons (Fsp3) is 0.156. The molecule has 0 atom stereocenters. The predicted molar refractivity (Wildman–Crippen MR) is 166 cm³/mol. The Bertz CT molecular complexity index is 1580. The van der Waals surface area contributed by atoms with Crippen LogP contribution in [0.5, 0.6) is 0 Å². The van der Waals surface area contributed by atoms with Gasteiger partial charge in [0.25, 0.3) is 11.8 Å². The van der Waals surface area contributed by atoms with Crippen LogP contribution in [-0.4, -0.2) is 72.2 Å². The van der Waals surface area contributed by atoms with Crippen molar-refractivity contribution in [3.05, 3.63) is 109 Å². The molecule has 0 saturated heterocycles. The molecule has 0 radical (unpaired) electrons. The molecule has 2 aromatic carbocycles. The molecule has 0 unspecified atom stereocenters. The Morgan fingerprint density at radius 1 is 0.762 bits per heavy atom. The van der Waals surface area contributed by atoms with Gasteiger partial charge in [-0.05, 0) is 68.2 Å². The first-order valence-corrected chi connectivity index (χ1v) is 13.2. The largest absolute Gasteiger partial charge is 0.345 e. The van der Waals surface area contributed by atoms with Crippen LogP contribution in [-0.2, 0) is 4.79 Å². The molecule has 0 saturated carbocycles. The predicted octanol–water partition coefficient (Wildman–Crippen LogP) is 4.90. The summed E-state index contributed by atoms with van der Waals surface area (Å²) in [7, 11) is 7.28. The molecular weight excluding hydrogens is 530 g/mol. The Morgan fingerprint density at radius 3 is 2.19 bits per heavy atom. The van der Waals surface area contributed by atoms with Crippen LogP contribution in [0.25, 0.3) is 11.1 Å². The molecule has 4 rings (SSSR count). The van der Waals surface area contributed by atoms with Crippen LogP contribution < -0.4 is 16.0 Å². The van der Waals surface area contributed by atoms with Crippen LogP contribution in [0.1, 0.15) is 20.7 Å². The number of hydrogen-bond acceptors (Lipinski definition) is 7. The first-order chi connectivity index (χ1) is 20.2. The fourth-order valence-corrected chi connectivity index (χ4v) is 3.92. The molecule has 3 amide bonds. The number of nitrogens with zero attached hydrogens (tertiary/aromatic N) is 4. The van der Waals surface area contributed by atoms with Crippen molar-refractivity contribution in [3.63, 3.8) is 0 Å². The van der Waals surface area contributed by atoms with E-state index in [0.29, 0.717) is 40.6 Å². The number of aromatic nitrogens is 2. The van der Waals surface area contributed by atoms with Crippen molar-refractivity contribution in [3.8, 4) is 11.1 Å². The highest BCUT2D eigenvalue weighted by Crippen LogP contribution is 2.23. The summed E-state index contributed by atoms with van der Waals surface area (Å²) < 4.78 is 0. The van der Waals surface area contributed by atoms with Gasteiger partial charge in [0.15, 0.2) is 0 Å². The van der Waals surface area contributed by atoms with E-state index in [1.165, 1.54) is 6.08 Å². The molecule has 4 aromatic rings. The Hall–Kier alpha value is -5.35. The molecule has 42 heavy (non-hydrogen) atoms. The molecule has 214 valence electrons. The van der Waals surface area contributed by atoms with Crippen molar-refractivity contribution in [2.24, 2.45) is 0 Å². The molecule has 10 heteroatoms. The van der Waals surface area contributed by atoms with Crippen LogP contribution in [0.2, 0.25) is 0 Å². The average Bonchev–Trinajstić information content (AvgIpc) is 2.97. The summed E-state index contributed by atoms with van der Waals surface area (Å²) in [4.78, 5) is 49.4. The van der Waals surface area contributed by atoms with E-state index in [-0.39, 0.29) is 17.7 Å². The summed E-state index contributed by atoms with van der Waals surface area (Å²) in [6.45, 7) is 0.648. The van der Waals surface area contributed by atoms with E-state index in [4.69, 9.17) is 0 Å². The summed E-state index contributed by atoms with van der Waals surface area (Å²) in [6.07, 6.45) is 8.15. The number of anilines is 4. The van der Waals surface area contributed by atoms with Crippen LogP contribution >= 0.6 is 0 Å². The van der Waals surface area contributed by atoms with Gasteiger partial charge in [-0.1, -0.05) is 24.3 Å². The third-order valence-corrected chi connectivity index (χ3v) is 6.04. The molecule has 0 spiro atoms. The lowest BCUT2D eigenvalue weighted by Crippen LogP contribution is -2.21. The Balaban J connectivity index is 1.36. The topological polar surface area (TPSA) is 120 Å². The molecular formula is C32H33N7O3. The lowest BCUT2D eigenvalue weighted by molar-refractivity contribution is -0.111. The van der Waals surface area contributed by atoms with Crippen LogP contribution in [0, 0.1) is 0 Å². The molecule has 0 bridgehead atoms. The minimum atomic E-state index is -0.339. The summed E-state index contributed by atoms with van der Waals surface area (Å²) in [5.74, 6) is -0.0542. The van der Waals surface area contributed by atoms with E-state index in [9.17, 15) is 14.4 Å². The molecule has 10 nitrogen and oxygen atoms in total. The molecule has 0 aliphatic heterocycles. The molecule has 2 aromatic heterocycles. The second-order valence-corrected chi connectivity index (χ2v) is 9.99. The monoisotopic (exact) mass is 563 g/mol. The number of likely N-dealkylation sites (N-methyl/N-ethyl adjacent to an activating group) is 1. The van der Waals surface area contributed by atoms with Gasteiger partial charge in [0.05, 0.1) is 23.8 Å². The van der Waals surface area contributed by atoms with E-state index in [2.05, 4.69) is 25.9 Å². The Labute approximate surface area is 245 Å². The second kappa shape index (κ2) is 13.8. The van der Waals surface area contributed by atoms with Gasteiger partial charge in [0.2, 0.25) is 5.91 Å². The zero-order valence-electron chi connectivity index (χ0n) is 24.0. The highest BCUT2D eigenvalue weighted by atomic mass is 16.2. The molecule has 0 fully saturated rings. The van der Waals surface area contributed by atoms with Gasteiger partial charge in [-0.3, -0.25) is 19.4 Å². The van der Waals surface area contributed by atoms with Crippen LogP contribution in [0.4, 0.5) is 22.9 Å². The van der Waals surface area contributed by atoms with E-state index >= 15 is 0 Å². The van der Waals surface area contributed by atoms with E-state index in [1.807, 2.05) is 43.3 Å². The van der Waals surface area contributed by atoms with Crippen molar-refractivity contribution in [1.82, 2.24) is 19.8 Å². The van der Waals surface area contributed by atoms with E-state index < -0.39 is 0 Å². The first-order valence-electron chi connectivity index (χ1n) is 13.2. The number of carbonyl (C=O) groups is 3. The van der Waals surface area contributed by atoms with Crippen molar-refractivity contribution in [2.75, 3.05) is 50.7 Å². The summed E-state index contributed by atoms with van der Waals surface area (Å²) in [6, 6.07) is 19.6. The molecule has 3 N–H and O–H groups in total. The number of amides is 3. The Kier molecular flexibility index (Phi) is 9.75. The highest BCUT2D eigenvalue weighted by molar-refractivity contribution is 6.06. The van der Waals surface area contributed by atoms with Crippen molar-refractivity contribution in [1.29, 1.82) is 0 Å². The third-order valence-electron chi connectivity index (χ3n) is 6.04. The van der Waals surface area contributed by atoms with Gasteiger partial charge < -0.3 is 25.8 Å². The van der Waals surface area contributed by atoms with E-state index in [1.54, 1.807) is 86.1 Å².